The summed E-state index contributed by atoms with van der Waals surface area (Å²) >= 11 is 3.41. The zero-order valence-electron chi connectivity index (χ0n) is 11.3. The highest BCUT2D eigenvalue weighted by Crippen LogP contribution is 2.17. The normalized spacial score (nSPS) is 10.7. The van der Waals surface area contributed by atoms with Crippen molar-refractivity contribution in [3.8, 4) is 0 Å². The van der Waals surface area contributed by atoms with Gasteiger partial charge in [-0.3, -0.25) is 9.48 Å². The van der Waals surface area contributed by atoms with Gasteiger partial charge in [0, 0.05) is 49.6 Å². The standard InChI is InChI=1S/C13H17BrN4O/c1-4-18-9-11(14)5-12(18)13(19)16(2)7-10-6-15-17(3)8-10/h5-6,8-9H,4,7H2,1-3H3. The van der Waals surface area contributed by atoms with Gasteiger partial charge >= 0.3 is 0 Å². The lowest BCUT2D eigenvalue weighted by atomic mass is 10.3. The summed E-state index contributed by atoms with van der Waals surface area (Å²) < 4.78 is 4.60. The molecular weight excluding hydrogens is 308 g/mol. The van der Waals surface area contributed by atoms with Crippen molar-refractivity contribution in [3.63, 3.8) is 0 Å². The summed E-state index contributed by atoms with van der Waals surface area (Å²) in [6, 6.07) is 1.85. The number of hydrogen-bond acceptors (Lipinski definition) is 2. The average Bonchev–Trinajstić information content (AvgIpc) is 2.94. The lowest BCUT2D eigenvalue weighted by Crippen LogP contribution is -2.28. The molecule has 0 atom stereocenters. The van der Waals surface area contributed by atoms with Crippen LogP contribution in [0, 0.1) is 0 Å². The van der Waals surface area contributed by atoms with E-state index in [2.05, 4.69) is 21.0 Å². The molecule has 19 heavy (non-hydrogen) atoms. The number of aryl methyl sites for hydroxylation is 2. The van der Waals surface area contributed by atoms with Gasteiger partial charge in [0.15, 0.2) is 0 Å². The Balaban J connectivity index is 2.14. The predicted octanol–water partition coefficient (Wildman–Crippen LogP) is 2.28. The first-order valence-corrected chi connectivity index (χ1v) is 6.89. The van der Waals surface area contributed by atoms with Crippen LogP contribution >= 0.6 is 15.9 Å². The molecular formula is C13H17BrN4O. The van der Waals surface area contributed by atoms with Gasteiger partial charge in [0.1, 0.15) is 5.69 Å². The molecule has 0 aliphatic rings. The second-order valence-electron chi connectivity index (χ2n) is 4.51. The van der Waals surface area contributed by atoms with Crippen molar-refractivity contribution < 1.29 is 4.79 Å². The van der Waals surface area contributed by atoms with Gasteiger partial charge in [0.2, 0.25) is 0 Å². The lowest BCUT2D eigenvalue weighted by Gasteiger charge is -2.17. The number of amides is 1. The Labute approximate surface area is 120 Å². The molecule has 0 aromatic carbocycles. The minimum Gasteiger partial charge on any atom is -0.343 e. The van der Waals surface area contributed by atoms with Crippen molar-refractivity contribution >= 4 is 21.8 Å². The summed E-state index contributed by atoms with van der Waals surface area (Å²) in [5, 5.41) is 4.11. The van der Waals surface area contributed by atoms with Crippen LogP contribution in [0.3, 0.4) is 0 Å². The van der Waals surface area contributed by atoms with E-state index in [1.807, 2.05) is 37.0 Å². The van der Waals surface area contributed by atoms with Crippen molar-refractivity contribution in [2.45, 2.75) is 20.0 Å². The topological polar surface area (TPSA) is 43.1 Å². The molecule has 2 aromatic heterocycles. The SMILES string of the molecule is CCn1cc(Br)cc1C(=O)N(C)Cc1cnn(C)c1. The molecule has 0 fully saturated rings. The Hall–Kier alpha value is -1.56. The smallest absolute Gasteiger partial charge is 0.270 e. The van der Waals surface area contributed by atoms with Crippen molar-refractivity contribution in [2.24, 2.45) is 7.05 Å². The fraction of sp³-hybridized carbons (Fsp3) is 0.385. The van der Waals surface area contributed by atoms with Gasteiger partial charge in [-0.15, -0.1) is 0 Å². The molecule has 0 saturated heterocycles. The highest BCUT2D eigenvalue weighted by Gasteiger charge is 2.17. The Kier molecular flexibility index (Phi) is 4.09. The summed E-state index contributed by atoms with van der Waals surface area (Å²) in [6.45, 7) is 3.34. The molecule has 0 bridgehead atoms. The van der Waals surface area contributed by atoms with Crippen molar-refractivity contribution in [1.29, 1.82) is 0 Å². The first-order chi connectivity index (χ1) is 9.01. The van der Waals surface area contributed by atoms with Crippen LogP contribution in [0.4, 0.5) is 0 Å². The van der Waals surface area contributed by atoms with E-state index >= 15 is 0 Å². The van der Waals surface area contributed by atoms with E-state index in [1.54, 1.807) is 22.8 Å². The van der Waals surface area contributed by atoms with E-state index in [0.717, 1.165) is 16.6 Å². The molecule has 0 radical (unpaired) electrons. The van der Waals surface area contributed by atoms with E-state index < -0.39 is 0 Å². The molecule has 0 aliphatic carbocycles. The maximum absolute atomic E-state index is 12.4. The van der Waals surface area contributed by atoms with E-state index in [-0.39, 0.29) is 5.91 Å². The highest BCUT2D eigenvalue weighted by atomic mass is 79.9. The first kappa shape index (κ1) is 13.9. The van der Waals surface area contributed by atoms with Crippen LogP contribution in [0.25, 0.3) is 0 Å². The fourth-order valence-corrected chi connectivity index (χ4v) is 2.47. The zero-order chi connectivity index (χ0) is 14.0. The average molecular weight is 325 g/mol. The number of nitrogens with zero attached hydrogens (tertiary/aromatic N) is 4. The lowest BCUT2D eigenvalue weighted by molar-refractivity contribution is 0.0774. The Bertz CT molecular complexity index is 587. The highest BCUT2D eigenvalue weighted by molar-refractivity contribution is 9.10. The van der Waals surface area contributed by atoms with Crippen LogP contribution in [-0.4, -0.2) is 32.2 Å². The Morgan fingerprint density at radius 1 is 1.47 bits per heavy atom. The summed E-state index contributed by atoms with van der Waals surface area (Å²) in [7, 11) is 3.67. The monoisotopic (exact) mass is 324 g/mol. The molecule has 2 rings (SSSR count). The maximum atomic E-state index is 12.4. The van der Waals surface area contributed by atoms with Gasteiger partial charge in [-0.25, -0.2) is 0 Å². The molecule has 6 heteroatoms. The van der Waals surface area contributed by atoms with Crippen LogP contribution < -0.4 is 0 Å². The van der Waals surface area contributed by atoms with Crippen LogP contribution in [0.2, 0.25) is 0 Å². The van der Waals surface area contributed by atoms with E-state index in [1.165, 1.54) is 0 Å². The third-order valence-corrected chi connectivity index (χ3v) is 3.38. The number of aromatic nitrogens is 3. The Morgan fingerprint density at radius 3 is 2.79 bits per heavy atom. The molecule has 1 amide bonds. The summed E-state index contributed by atoms with van der Waals surface area (Å²) in [5.74, 6) is 0.0106. The van der Waals surface area contributed by atoms with Crippen LogP contribution in [0.5, 0.6) is 0 Å². The predicted molar refractivity (Wildman–Crippen MR) is 76.8 cm³/mol. The molecule has 5 nitrogen and oxygen atoms in total. The molecule has 2 heterocycles. The van der Waals surface area contributed by atoms with Gasteiger partial charge < -0.3 is 9.47 Å². The van der Waals surface area contributed by atoms with Gasteiger partial charge in [0.25, 0.3) is 5.91 Å². The van der Waals surface area contributed by atoms with E-state index in [9.17, 15) is 4.79 Å². The molecule has 0 saturated carbocycles. The second kappa shape index (κ2) is 5.61. The first-order valence-electron chi connectivity index (χ1n) is 6.10. The van der Waals surface area contributed by atoms with Gasteiger partial charge in [0.05, 0.1) is 6.20 Å². The number of halogens is 1. The number of rotatable bonds is 4. The third-order valence-electron chi connectivity index (χ3n) is 2.95. The molecule has 0 aliphatic heterocycles. The molecule has 0 N–H and O–H groups in total. The molecule has 0 spiro atoms. The fourth-order valence-electron chi connectivity index (χ4n) is 2.01. The minimum atomic E-state index is 0.0106. The van der Waals surface area contributed by atoms with Gasteiger partial charge in [-0.1, -0.05) is 0 Å². The quantitative estimate of drug-likeness (QED) is 0.865. The number of hydrogen-bond donors (Lipinski definition) is 0. The second-order valence-corrected chi connectivity index (χ2v) is 5.43. The van der Waals surface area contributed by atoms with Crippen molar-refractivity contribution in [3.05, 3.63) is 40.4 Å². The van der Waals surface area contributed by atoms with E-state index in [0.29, 0.717) is 12.2 Å². The largest absolute Gasteiger partial charge is 0.343 e. The zero-order valence-corrected chi connectivity index (χ0v) is 12.9. The van der Waals surface area contributed by atoms with Crippen molar-refractivity contribution in [1.82, 2.24) is 19.2 Å². The van der Waals surface area contributed by atoms with Crippen LogP contribution in [-0.2, 0) is 20.1 Å². The Morgan fingerprint density at radius 2 is 2.21 bits per heavy atom. The van der Waals surface area contributed by atoms with Crippen LogP contribution in [0.1, 0.15) is 23.0 Å². The summed E-state index contributed by atoms with van der Waals surface area (Å²) in [5.41, 5.74) is 1.72. The molecule has 0 unspecified atom stereocenters. The minimum absolute atomic E-state index is 0.0106. The van der Waals surface area contributed by atoms with Crippen LogP contribution in [0.15, 0.2) is 29.1 Å². The molecule has 102 valence electrons. The summed E-state index contributed by atoms with van der Waals surface area (Å²) in [4.78, 5) is 14.1. The van der Waals surface area contributed by atoms with Crippen molar-refractivity contribution in [2.75, 3.05) is 7.05 Å². The maximum Gasteiger partial charge on any atom is 0.270 e. The molecule has 2 aromatic rings. The number of carbonyl (C=O) groups is 1. The third kappa shape index (κ3) is 3.07. The summed E-state index contributed by atoms with van der Waals surface area (Å²) in [6.07, 6.45) is 5.61. The van der Waals surface area contributed by atoms with Gasteiger partial charge in [-0.05, 0) is 28.9 Å². The van der Waals surface area contributed by atoms with E-state index in [4.69, 9.17) is 0 Å². The number of carbonyl (C=O) groups excluding carboxylic acids is 1. The van der Waals surface area contributed by atoms with Gasteiger partial charge in [-0.2, -0.15) is 5.10 Å².